The van der Waals surface area contributed by atoms with E-state index in [1.165, 1.54) is 0 Å². The van der Waals surface area contributed by atoms with Gasteiger partial charge in [0.1, 0.15) is 5.78 Å². The molecule has 0 heterocycles. The highest BCUT2D eigenvalue weighted by Crippen LogP contribution is 2.28. The molecule has 0 rings (SSSR count). The molecule has 0 unspecified atom stereocenters. The lowest BCUT2D eigenvalue weighted by molar-refractivity contribution is -0.430. The molecule has 0 saturated carbocycles. The van der Waals surface area contributed by atoms with Crippen molar-refractivity contribution >= 4 is 7.60 Å². The molecular weight excluding hydrogens is 141 g/mol. The molecule has 0 aliphatic carbocycles. The topological polar surface area (TPSA) is 90.8 Å². The molecule has 0 aromatic rings. The molecule has 0 fully saturated rings. The lowest BCUT2D eigenvalue weighted by Crippen LogP contribution is -2.63. The van der Waals surface area contributed by atoms with E-state index in [4.69, 9.17) is 0 Å². The normalized spacial score (nSPS) is 15.6. The average Bonchev–Trinajstić information content (AvgIpc) is 1.64. The van der Waals surface area contributed by atoms with Crippen LogP contribution in [0, 0.1) is 0 Å². The maximum Gasteiger partial charge on any atom is 0.110 e. The van der Waals surface area contributed by atoms with Crippen LogP contribution in [0.15, 0.2) is 0 Å². The minimum atomic E-state index is -4.38. The molecule has 0 bridgehead atoms. The Bertz CT molecular complexity index is 121. The number of hydrogen-bond acceptors (Lipinski definition) is 3. The molecule has 0 aromatic carbocycles. The van der Waals surface area contributed by atoms with Crippen LogP contribution in [0.25, 0.3) is 0 Å². The van der Waals surface area contributed by atoms with Crippen LogP contribution in [-0.4, -0.2) is 5.78 Å². The van der Waals surface area contributed by atoms with Gasteiger partial charge in [-0.25, -0.2) is 0 Å². The highest BCUT2D eigenvalue weighted by atomic mass is 31.2. The Hall–Kier alpha value is 0.110. The lowest BCUT2D eigenvalue weighted by atomic mass is 10.3. The zero-order chi connectivity index (χ0) is 7.49. The summed E-state index contributed by atoms with van der Waals surface area (Å²) in [6.45, 7) is 1.81. The van der Waals surface area contributed by atoms with Crippen LogP contribution in [0.2, 0.25) is 0 Å². The first kappa shape index (κ1) is 9.11. The van der Waals surface area contributed by atoms with Crippen LogP contribution in [0.3, 0.4) is 0 Å². The molecular formula is C4H11NO3P-. The fourth-order valence-corrected chi connectivity index (χ4v) is 1.07. The van der Waals surface area contributed by atoms with Crippen LogP contribution in [0.4, 0.5) is 0 Å². The van der Waals surface area contributed by atoms with E-state index < -0.39 is 13.4 Å². The van der Waals surface area contributed by atoms with Crippen molar-refractivity contribution in [2.45, 2.75) is 25.5 Å². The van der Waals surface area contributed by atoms with Gasteiger partial charge in [0.25, 0.3) is 0 Å². The number of quaternary nitrogens is 1. The molecule has 0 aliphatic rings. The van der Waals surface area contributed by atoms with Crippen molar-refractivity contribution in [2.75, 3.05) is 0 Å². The van der Waals surface area contributed by atoms with Gasteiger partial charge >= 0.3 is 0 Å². The Balaban J connectivity index is 3.74. The average molecular weight is 152 g/mol. The Morgan fingerprint density at radius 3 is 2.22 bits per heavy atom. The van der Waals surface area contributed by atoms with Crippen LogP contribution < -0.4 is 15.5 Å². The van der Waals surface area contributed by atoms with Gasteiger partial charge in [0.15, 0.2) is 0 Å². The largest absolute Gasteiger partial charge is 0.807 e. The molecule has 0 aromatic heterocycles. The predicted octanol–water partition coefficient (Wildman–Crippen LogP) is -1.73. The zero-order valence-electron chi connectivity index (χ0n) is 5.37. The molecule has 0 spiro atoms. The predicted molar refractivity (Wildman–Crippen MR) is 29.2 cm³/mol. The quantitative estimate of drug-likeness (QED) is 0.487. The summed E-state index contributed by atoms with van der Waals surface area (Å²) in [7, 11) is -4.38. The van der Waals surface area contributed by atoms with Crippen LogP contribution in [-0.2, 0) is 4.57 Å². The molecule has 0 amide bonds. The fraction of sp³-hybridized carbons (Fsp3) is 1.00. The first-order valence-corrected chi connectivity index (χ1v) is 4.44. The molecule has 56 valence electrons. The van der Waals surface area contributed by atoms with Gasteiger partial charge in [-0.1, -0.05) is 13.3 Å². The van der Waals surface area contributed by atoms with Crippen molar-refractivity contribution in [1.82, 2.24) is 0 Å². The molecule has 3 N–H and O–H groups in total. The summed E-state index contributed by atoms with van der Waals surface area (Å²) in [6, 6.07) is 0. The van der Waals surface area contributed by atoms with E-state index in [1.807, 2.05) is 6.92 Å². The highest BCUT2D eigenvalue weighted by molar-refractivity contribution is 7.49. The maximum absolute atomic E-state index is 10.1. The van der Waals surface area contributed by atoms with Crippen molar-refractivity contribution in [2.24, 2.45) is 0 Å². The van der Waals surface area contributed by atoms with E-state index in [1.54, 1.807) is 0 Å². The molecule has 0 aliphatic heterocycles. The smallest absolute Gasteiger partial charge is 0.110 e. The standard InChI is InChI=1S/C4H12NO3P/c1-2-3-4(5)9(6,7)8/h4H,2-3,5H2,1H3,(H2,6,7,8)/p-1/t4-/m1/s1. The first-order chi connectivity index (χ1) is 3.98. The van der Waals surface area contributed by atoms with Crippen molar-refractivity contribution < 1.29 is 20.1 Å². The van der Waals surface area contributed by atoms with Gasteiger partial charge in [-0.3, -0.25) is 0 Å². The summed E-state index contributed by atoms with van der Waals surface area (Å²) in [5.41, 5.74) is 3.21. The van der Waals surface area contributed by atoms with Gasteiger partial charge in [-0.05, 0) is 7.60 Å². The van der Waals surface area contributed by atoms with Crippen LogP contribution in [0.1, 0.15) is 19.8 Å². The minimum Gasteiger partial charge on any atom is -0.807 e. The molecule has 4 nitrogen and oxygen atoms in total. The summed E-state index contributed by atoms with van der Waals surface area (Å²) in [5.74, 6) is -0.942. The number of rotatable bonds is 3. The van der Waals surface area contributed by atoms with Gasteiger partial charge in [0, 0.05) is 6.42 Å². The minimum absolute atomic E-state index is 0.365. The molecule has 0 saturated heterocycles. The van der Waals surface area contributed by atoms with Gasteiger partial charge in [-0.15, -0.1) is 0 Å². The Morgan fingerprint density at radius 1 is 1.67 bits per heavy atom. The summed E-state index contributed by atoms with van der Waals surface area (Å²) in [5, 5.41) is 0. The van der Waals surface area contributed by atoms with E-state index in [0.717, 1.165) is 0 Å². The Labute approximate surface area is 54.2 Å². The van der Waals surface area contributed by atoms with Crippen molar-refractivity contribution in [3.63, 3.8) is 0 Å². The summed E-state index contributed by atoms with van der Waals surface area (Å²) < 4.78 is 10.1. The van der Waals surface area contributed by atoms with Gasteiger partial charge in [-0.2, -0.15) is 0 Å². The molecule has 5 heteroatoms. The number of hydrogen-bond donors (Lipinski definition) is 1. The second-order valence-corrected chi connectivity index (χ2v) is 3.79. The van der Waals surface area contributed by atoms with E-state index in [2.05, 4.69) is 5.73 Å². The van der Waals surface area contributed by atoms with Gasteiger partial charge in [0.05, 0.1) is 0 Å². The van der Waals surface area contributed by atoms with Gasteiger partial charge in [0.2, 0.25) is 0 Å². The SMILES string of the molecule is CCC[C@H]([NH3+])P(=O)([O-])[O-]. The second-order valence-electron chi connectivity index (χ2n) is 1.98. The lowest BCUT2D eigenvalue weighted by Gasteiger charge is -2.32. The van der Waals surface area contributed by atoms with Crippen LogP contribution in [0.5, 0.6) is 0 Å². The Kier molecular flexibility index (Phi) is 3.36. The van der Waals surface area contributed by atoms with Crippen molar-refractivity contribution in [3.05, 3.63) is 0 Å². The molecule has 1 atom stereocenters. The summed E-state index contributed by atoms with van der Waals surface area (Å²) in [4.78, 5) is 20.3. The fourth-order valence-electron chi connectivity index (χ4n) is 0.491. The third-order valence-corrected chi connectivity index (χ3v) is 2.22. The third kappa shape index (κ3) is 3.65. The van der Waals surface area contributed by atoms with E-state index in [-0.39, 0.29) is 0 Å². The zero-order valence-corrected chi connectivity index (χ0v) is 6.27. The van der Waals surface area contributed by atoms with Crippen molar-refractivity contribution in [3.8, 4) is 0 Å². The third-order valence-electron chi connectivity index (χ3n) is 1.07. The highest BCUT2D eigenvalue weighted by Gasteiger charge is 2.07. The maximum atomic E-state index is 10.1. The summed E-state index contributed by atoms with van der Waals surface area (Å²) >= 11 is 0. The first-order valence-electron chi connectivity index (χ1n) is 2.83. The monoisotopic (exact) mass is 152 g/mol. The van der Waals surface area contributed by atoms with E-state index >= 15 is 0 Å². The molecule has 9 heavy (non-hydrogen) atoms. The summed E-state index contributed by atoms with van der Waals surface area (Å²) in [6.07, 6.45) is 1.05. The van der Waals surface area contributed by atoms with E-state index in [9.17, 15) is 14.4 Å². The van der Waals surface area contributed by atoms with Crippen molar-refractivity contribution in [1.29, 1.82) is 0 Å². The van der Waals surface area contributed by atoms with Gasteiger partial charge < -0.3 is 20.1 Å². The Morgan fingerprint density at radius 2 is 2.11 bits per heavy atom. The second kappa shape index (κ2) is 3.32. The molecule has 0 radical (unpaired) electrons. The van der Waals surface area contributed by atoms with E-state index in [0.29, 0.717) is 12.8 Å². The van der Waals surface area contributed by atoms with Crippen LogP contribution >= 0.6 is 7.60 Å².